The Balaban J connectivity index is 1.82. The van der Waals surface area contributed by atoms with E-state index in [4.69, 9.17) is 4.74 Å². The zero-order chi connectivity index (χ0) is 12.1. The van der Waals surface area contributed by atoms with Gasteiger partial charge in [-0.25, -0.2) is 0 Å². The lowest BCUT2D eigenvalue weighted by molar-refractivity contribution is -0.134. The molecule has 0 aliphatic carbocycles. The second-order valence-electron chi connectivity index (χ2n) is 4.88. The van der Waals surface area contributed by atoms with E-state index in [0.29, 0.717) is 12.6 Å². The number of ether oxygens (including phenoxy) is 1. The maximum atomic E-state index is 12.2. The van der Waals surface area contributed by atoms with Crippen LogP contribution in [0.2, 0.25) is 0 Å². The Labute approximate surface area is 103 Å². The smallest absolute Gasteiger partial charge is 0.236 e. The van der Waals surface area contributed by atoms with E-state index in [1.54, 1.807) is 0 Å². The van der Waals surface area contributed by atoms with Gasteiger partial charge < -0.3 is 15.0 Å². The third-order valence-corrected chi connectivity index (χ3v) is 3.54. The van der Waals surface area contributed by atoms with E-state index < -0.39 is 0 Å². The molecule has 2 heterocycles. The number of rotatable bonds is 2. The molecule has 0 saturated carbocycles. The lowest BCUT2D eigenvalue weighted by atomic mass is 10.2. The van der Waals surface area contributed by atoms with E-state index in [1.165, 1.54) is 0 Å². The lowest BCUT2D eigenvalue weighted by Gasteiger charge is -2.34. The molecule has 2 aliphatic rings. The SMILES string of the molecule is CC1COCCN1CC(=O)N1CCCNCC1. The van der Waals surface area contributed by atoms with Crippen molar-refractivity contribution in [1.29, 1.82) is 0 Å². The number of amides is 1. The number of morpholine rings is 1. The van der Waals surface area contributed by atoms with Gasteiger partial charge in [0.1, 0.15) is 0 Å². The number of carbonyl (C=O) groups is 1. The van der Waals surface area contributed by atoms with Gasteiger partial charge in [0.2, 0.25) is 5.91 Å². The second-order valence-corrected chi connectivity index (χ2v) is 4.88. The van der Waals surface area contributed by atoms with Crippen LogP contribution in [0.5, 0.6) is 0 Å². The maximum absolute atomic E-state index is 12.2. The molecule has 0 bridgehead atoms. The summed E-state index contributed by atoms with van der Waals surface area (Å²) in [6, 6.07) is 0.359. The van der Waals surface area contributed by atoms with Crippen molar-refractivity contribution in [3.8, 4) is 0 Å². The average molecular weight is 241 g/mol. The van der Waals surface area contributed by atoms with Crippen molar-refractivity contribution in [2.24, 2.45) is 0 Å². The molecule has 5 heteroatoms. The maximum Gasteiger partial charge on any atom is 0.236 e. The van der Waals surface area contributed by atoms with E-state index in [0.717, 1.165) is 52.4 Å². The highest BCUT2D eigenvalue weighted by molar-refractivity contribution is 5.78. The van der Waals surface area contributed by atoms with Crippen LogP contribution in [0.25, 0.3) is 0 Å². The summed E-state index contributed by atoms with van der Waals surface area (Å²) in [6.07, 6.45) is 1.06. The quantitative estimate of drug-likeness (QED) is 0.710. The summed E-state index contributed by atoms with van der Waals surface area (Å²) in [5, 5.41) is 3.32. The summed E-state index contributed by atoms with van der Waals surface area (Å²) in [6.45, 7) is 8.72. The predicted octanol–water partition coefficient (Wildman–Crippen LogP) is -0.471. The first kappa shape index (κ1) is 12.8. The van der Waals surface area contributed by atoms with Crippen LogP contribution in [-0.2, 0) is 9.53 Å². The predicted molar refractivity (Wildman–Crippen MR) is 65.9 cm³/mol. The highest BCUT2D eigenvalue weighted by Crippen LogP contribution is 2.07. The second kappa shape index (κ2) is 6.33. The van der Waals surface area contributed by atoms with Gasteiger partial charge in [0.25, 0.3) is 0 Å². The third-order valence-electron chi connectivity index (χ3n) is 3.54. The Bertz CT molecular complexity index is 252. The molecule has 98 valence electrons. The summed E-state index contributed by atoms with van der Waals surface area (Å²) < 4.78 is 5.38. The first-order valence-corrected chi connectivity index (χ1v) is 6.57. The van der Waals surface area contributed by atoms with Gasteiger partial charge in [0.15, 0.2) is 0 Å². The van der Waals surface area contributed by atoms with Gasteiger partial charge in [-0.2, -0.15) is 0 Å². The van der Waals surface area contributed by atoms with E-state index in [9.17, 15) is 4.79 Å². The molecule has 1 amide bonds. The van der Waals surface area contributed by atoms with Crippen molar-refractivity contribution in [1.82, 2.24) is 15.1 Å². The Hall–Kier alpha value is -0.650. The standard InChI is InChI=1S/C12H23N3O2/c1-11-10-17-8-7-15(11)9-12(16)14-5-2-3-13-4-6-14/h11,13H,2-10H2,1H3. The minimum absolute atomic E-state index is 0.266. The highest BCUT2D eigenvalue weighted by atomic mass is 16.5. The highest BCUT2D eigenvalue weighted by Gasteiger charge is 2.23. The van der Waals surface area contributed by atoms with Gasteiger partial charge in [-0.3, -0.25) is 9.69 Å². The molecule has 1 atom stereocenters. The van der Waals surface area contributed by atoms with E-state index >= 15 is 0 Å². The molecule has 5 nitrogen and oxygen atoms in total. The van der Waals surface area contributed by atoms with Crippen molar-refractivity contribution in [2.45, 2.75) is 19.4 Å². The summed E-state index contributed by atoms with van der Waals surface area (Å²) in [7, 11) is 0. The van der Waals surface area contributed by atoms with Crippen LogP contribution in [0.15, 0.2) is 0 Å². The summed E-state index contributed by atoms with van der Waals surface area (Å²) in [5.74, 6) is 0.266. The van der Waals surface area contributed by atoms with Gasteiger partial charge in [0.05, 0.1) is 19.8 Å². The van der Waals surface area contributed by atoms with Gasteiger partial charge >= 0.3 is 0 Å². The molecule has 2 rings (SSSR count). The average Bonchev–Trinajstić information content (AvgIpc) is 2.61. The minimum atomic E-state index is 0.266. The van der Waals surface area contributed by atoms with E-state index in [2.05, 4.69) is 17.1 Å². The molecular weight excluding hydrogens is 218 g/mol. The molecule has 2 fully saturated rings. The zero-order valence-electron chi connectivity index (χ0n) is 10.7. The van der Waals surface area contributed by atoms with Crippen molar-refractivity contribution in [2.75, 3.05) is 52.5 Å². The number of hydrogen-bond donors (Lipinski definition) is 1. The van der Waals surface area contributed by atoms with E-state index in [1.807, 2.05) is 4.90 Å². The van der Waals surface area contributed by atoms with Crippen molar-refractivity contribution in [3.63, 3.8) is 0 Å². The Morgan fingerprint density at radius 1 is 1.35 bits per heavy atom. The largest absolute Gasteiger partial charge is 0.379 e. The fourth-order valence-corrected chi connectivity index (χ4v) is 2.37. The summed E-state index contributed by atoms with van der Waals surface area (Å²) in [4.78, 5) is 16.4. The van der Waals surface area contributed by atoms with Crippen molar-refractivity contribution >= 4 is 5.91 Å². The van der Waals surface area contributed by atoms with Crippen molar-refractivity contribution in [3.05, 3.63) is 0 Å². The van der Waals surface area contributed by atoms with Crippen LogP contribution in [0, 0.1) is 0 Å². The molecular formula is C12H23N3O2. The molecule has 0 radical (unpaired) electrons. The Kier molecular flexibility index (Phi) is 4.76. The molecule has 0 aromatic rings. The molecule has 2 aliphatic heterocycles. The lowest BCUT2D eigenvalue weighted by Crippen LogP contribution is -2.49. The number of nitrogens with zero attached hydrogens (tertiary/aromatic N) is 2. The molecule has 0 aromatic carbocycles. The van der Waals surface area contributed by atoms with Crippen LogP contribution >= 0.6 is 0 Å². The Morgan fingerprint density at radius 2 is 2.24 bits per heavy atom. The van der Waals surface area contributed by atoms with Gasteiger partial charge in [-0.1, -0.05) is 0 Å². The first-order valence-electron chi connectivity index (χ1n) is 6.57. The molecule has 2 saturated heterocycles. The van der Waals surface area contributed by atoms with Gasteiger partial charge in [0, 0.05) is 32.2 Å². The molecule has 1 unspecified atom stereocenters. The fourth-order valence-electron chi connectivity index (χ4n) is 2.37. The number of hydrogen-bond acceptors (Lipinski definition) is 4. The van der Waals surface area contributed by atoms with Crippen LogP contribution in [-0.4, -0.2) is 74.2 Å². The molecule has 1 N–H and O–H groups in total. The van der Waals surface area contributed by atoms with E-state index in [-0.39, 0.29) is 5.91 Å². The Morgan fingerprint density at radius 3 is 3.06 bits per heavy atom. The normalized spacial score (nSPS) is 27.8. The monoisotopic (exact) mass is 241 g/mol. The minimum Gasteiger partial charge on any atom is -0.379 e. The van der Waals surface area contributed by atoms with Crippen molar-refractivity contribution < 1.29 is 9.53 Å². The summed E-state index contributed by atoms with van der Waals surface area (Å²) >= 11 is 0. The van der Waals surface area contributed by atoms with Gasteiger partial charge in [-0.05, 0) is 19.9 Å². The van der Waals surface area contributed by atoms with Crippen LogP contribution < -0.4 is 5.32 Å². The molecule has 17 heavy (non-hydrogen) atoms. The fraction of sp³-hybridized carbons (Fsp3) is 0.917. The summed E-state index contributed by atoms with van der Waals surface area (Å²) in [5.41, 5.74) is 0. The molecule has 0 aromatic heterocycles. The number of nitrogens with one attached hydrogen (secondary N) is 1. The molecule has 0 spiro atoms. The third kappa shape index (κ3) is 3.66. The first-order chi connectivity index (χ1) is 8.27. The van der Waals surface area contributed by atoms with Crippen LogP contribution in [0.1, 0.15) is 13.3 Å². The van der Waals surface area contributed by atoms with Crippen LogP contribution in [0.3, 0.4) is 0 Å². The van der Waals surface area contributed by atoms with Gasteiger partial charge in [-0.15, -0.1) is 0 Å². The number of carbonyl (C=O) groups excluding carboxylic acids is 1. The topological polar surface area (TPSA) is 44.8 Å². The zero-order valence-corrected chi connectivity index (χ0v) is 10.7. The van der Waals surface area contributed by atoms with Crippen LogP contribution in [0.4, 0.5) is 0 Å².